The van der Waals surface area contributed by atoms with Crippen LogP contribution >= 0.6 is 0 Å². The van der Waals surface area contributed by atoms with Crippen LogP contribution < -0.4 is 11.1 Å². The van der Waals surface area contributed by atoms with Crippen LogP contribution in [0.3, 0.4) is 0 Å². The van der Waals surface area contributed by atoms with Crippen molar-refractivity contribution in [2.24, 2.45) is 17.9 Å². The molecule has 0 atom stereocenters. The standard InChI is InChI=1S/C14H18FN5O/c1-9-11(8-20(2)18-9)7-17-6-10-3-4-12(15)5-13(10)14(16)19-21/h3-5,8,17,21H,6-7H2,1-2H3,(H2,16,19). The van der Waals surface area contributed by atoms with Crippen molar-refractivity contribution in [2.45, 2.75) is 20.0 Å². The Balaban J connectivity index is 2.08. The lowest BCUT2D eigenvalue weighted by molar-refractivity contribution is 0.318. The van der Waals surface area contributed by atoms with Gasteiger partial charge in [0.25, 0.3) is 0 Å². The molecular weight excluding hydrogens is 273 g/mol. The maximum absolute atomic E-state index is 13.3. The summed E-state index contributed by atoms with van der Waals surface area (Å²) in [6.45, 7) is 3.05. The summed E-state index contributed by atoms with van der Waals surface area (Å²) in [6, 6.07) is 4.22. The van der Waals surface area contributed by atoms with Crippen LogP contribution in [0.5, 0.6) is 0 Å². The van der Waals surface area contributed by atoms with Gasteiger partial charge in [-0.3, -0.25) is 4.68 Å². The summed E-state index contributed by atoms with van der Waals surface area (Å²) in [5.41, 5.74) is 8.75. The molecule has 4 N–H and O–H groups in total. The molecule has 0 unspecified atom stereocenters. The fourth-order valence-corrected chi connectivity index (χ4v) is 2.15. The zero-order chi connectivity index (χ0) is 15.4. The average molecular weight is 291 g/mol. The zero-order valence-corrected chi connectivity index (χ0v) is 12.0. The van der Waals surface area contributed by atoms with Crippen molar-refractivity contribution in [1.82, 2.24) is 15.1 Å². The molecule has 2 aromatic rings. The summed E-state index contributed by atoms with van der Waals surface area (Å²) in [4.78, 5) is 0. The molecule has 0 fully saturated rings. The van der Waals surface area contributed by atoms with Gasteiger partial charge in [0.2, 0.25) is 0 Å². The Morgan fingerprint density at radius 3 is 2.76 bits per heavy atom. The van der Waals surface area contributed by atoms with Crippen molar-refractivity contribution in [3.8, 4) is 0 Å². The Morgan fingerprint density at radius 2 is 2.14 bits per heavy atom. The third-order valence-electron chi connectivity index (χ3n) is 3.20. The average Bonchev–Trinajstić information content (AvgIpc) is 2.77. The smallest absolute Gasteiger partial charge is 0.170 e. The van der Waals surface area contributed by atoms with Gasteiger partial charge in [0.05, 0.1) is 5.69 Å². The summed E-state index contributed by atoms with van der Waals surface area (Å²) in [7, 11) is 1.87. The van der Waals surface area contributed by atoms with E-state index in [1.54, 1.807) is 10.7 Å². The number of nitrogens with two attached hydrogens (primary N) is 1. The fourth-order valence-electron chi connectivity index (χ4n) is 2.15. The predicted molar refractivity (Wildman–Crippen MR) is 77.4 cm³/mol. The summed E-state index contributed by atoms with van der Waals surface area (Å²) in [5.74, 6) is -0.535. The Bertz CT molecular complexity index is 665. The van der Waals surface area contributed by atoms with Gasteiger partial charge in [-0.15, -0.1) is 0 Å². The van der Waals surface area contributed by atoms with Crippen LogP contribution in [0, 0.1) is 12.7 Å². The molecule has 0 amide bonds. The highest BCUT2D eigenvalue weighted by Gasteiger charge is 2.09. The van der Waals surface area contributed by atoms with Gasteiger partial charge in [-0.2, -0.15) is 5.10 Å². The van der Waals surface area contributed by atoms with Gasteiger partial charge < -0.3 is 16.3 Å². The molecule has 112 valence electrons. The first-order valence-corrected chi connectivity index (χ1v) is 6.47. The van der Waals surface area contributed by atoms with Crippen LogP contribution in [0.15, 0.2) is 29.6 Å². The molecule has 2 rings (SSSR count). The van der Waals surface area contributed by atoms with Crippen molar-refractivity contribution >= 4 is 5.84 Å². The van der Waals surface area contributed by atoms with Gasteiger partial charge in [-0.25, -0.2) is 4.39 Å². The van der Waals surface area contributed by atoms with E-state index >= 15 is 0 Å². The quantitative estimate of drug-likeness (QED) is 0.335. The number of aryl methyl sites for hydroxylation is 2. The van der Waals surface area contributed by atoms with E-state index in [1.807, 2.05) is 20.2 Å². The number of halogens is 1. The van der Waals surface area contributed by atoms with Gasteiger partial charge >= 0.3 is 0 Å². The second-order valence-corrected chi connectivity index (χ2v) is 4.80. The van der Waals surface area contributed by atoms with Crippen molar-refractivity contribution in [2.75, 3.05) is 0 Å². The number of hydrogen-bond acceptors (Lipinski definition) is 4. The Kier molecular flexibility index (Phi) is 4.54. The molecule has 0 bridgehead atoms. The lowest BCUT2D eigenvalue weighted by Crippen LogP contribution is -2.20. The highest BCUT2D eigenvalue weighted by Crippen LogP contribution is 2.12. The number of nitrogens with zero attached hydrogens (tertiary/aromatic N) is 3. The molecule has 0 saturated carbocycles. The largest absolute Gasteiger partial charge is 0.409 e. The van der Waals surface area contributed by atoms with Gasteiger partial charge in [-0.1, -0.05) is 11.2 Å². The van der Waals surface area contributed by atoms with Crippen LogP contribution in [0.4, 0.5) is 4.39 Å². The van der Waals surface area contributed by atoms with Crippen molar-refractivity contribution < 1.29 is 9.60 Å². The van der Waals surface area contributed by atoms with Crippen LogP contribution in [0.2, 0.25) is 0 Å². The monoisotopic (exact) mass is 291 g/mol. The SMILES string of the molecule is Cc1nn(C)cc1CNCc1ccc(F)cc1/C(N)=N/O. The molecule has 0 aliphatic rings. The van der Waals surface area contributed by atoms with Crippen molar-refractivity contribution in [3.63, 3.8) is 0 Å². The van der Waals surface area contributed by atoms with Gasteiger partial charge in [0.15, 0.2) is 5.84 Å². The lowest BCUT2D eigenvalue weighted by atomic mass is 10.1. The summed E-state index contributed by atoms with van der Waals surface area (Å²) in [5, 5.41) is 19.2. The van der Waals surface area contributed by atoms with E-state index in [0.29, 0.717) is 18.7 Å². The van der Waals surface area contributed by atoms with Crippen molar-refractivity contribution in [1.29, 1.82) is 0 Å². The minimum atomic E-state index is -0.427. The molecule has 7 heteroatoms. The first-order chi connectivity index (χ1) is 10.0. The first kappa shape index (κ1) is 15.0. The number of nitrogens with one attached hydrogen (secondary N) is 1. The molecule has 1 aromatic carbocycles. The van der Waals surface area contributed by atoms with E-state index in [0.717, 1.165) is 16.8 Å². The second kappa shape index (κ2) is 6.36. The predicted octanol–water partition coefficient (Wildman–Crippen LogP) is 1.25. The van der Waals surface area contributed by atoms with Crippen LogP contribution in [0.1, 0.15) is 22.4 Å². The van der Waals surface area contributed by atoms with E-state index in [-0.39, 0.29) is 5.84 Å². The van der Waals surface area contributed by atoms with Gasteiger partial charge in [-0.05, 0) is 24.6 Å². The van der Waals surface area contributed by atoms with E-state index in [4.69, 9.17) is 10.9 Å². The molecular formula is C14H18FN5O. The number of rotatable bonds is 5. The first-order valence-electron chi connectivity index (χ1n) is 6.47. The van der Waals surface area contributed by atoms with E-state index in [9.17, 15) is 4.39 Å². The molecule has 1 aromatic heterocycles. The van der Waals surface area contributed by atoms with Crippen LogP contribution in [0.25, 0.3) is 0 Å². The topological polar surface area (TPSA) is 88.5 Å². The molecule has 6 nitrogen and oxygen atoms in total. The van der Waals surface area contributed by atoms with E-state index < -0.39 is 5.82 Å². The zero-order valence-electron chi connectivity index (χ0n) is 12.0. The third kappa shape index (κ3) is 3.57. The Hall–Kier alpha value is -2.41. The summed E-state index contributed by atoms with van der Waals surface area (Å²) < 4.78 is 15.0. The number of amidine groups is 1. The number of oxime groups is 1. The number of hydrogen-bond donors (Lipinski definition) is 3. The molecule has 0 spiro atoms. The van der Waals surface area contributed by atoms with Crippen LogP contribution in [-0.4, -0.2) is 20.8 Å². The molecule has 0 saturated heterocycles. The Morgan fingerprint density at radius 1 is 1.43 bits per heavy atom. The second-order valence-electron chi connectivity index (χ2n) is 4.80. The third-order valence-corrected chi connectivity index (χ3v) is 3.20. The molecule has 0 aliphatic heterocycles. The molecule has 1 heterocycles. The summed E-state index contributed by atoms with van der Waals surface area (Å²) in [6.07, 6.45) is 1.94. The van der Waals surface area contributed by atoms with Gasteiger partial charge in [0, 0.05) is 37.5 Å². The molecule has 21 heavy (non-hydrogen) atoms. The highest BCUT2D eigenvalue weighted by atomic mass is 19.1. The Labute approximate surface area is 122 Å². The van der Waals surface area contributed by atoms with E-state index in [1.165, 1.54) is 12.1 Å². The summed E-state index contributed by atoms with van der Waals surface area (Å²) >= 11 is 0. The lowest BCUT2D eigenvalue weighted by Gasteiger charge is -2.09. The number of benzene rings is 1. The van der Waals surface area contributed by atoms with E-state index in [2.05, 4.69) is 15.6 Å². The minimum Gasteiger partial charge on any atom is -0.409 e. The van der Waals surface area contributed by atoms with Crippen LogP contribution in [-0.2, 0) is 20.1 Å². The normalized spacial score (nSPS) is 11.9. The van der Waals surface area contributed by atoms with Gasteiger partial charge in [0.1, 0.15) is 5.82 Å². The fraction of sp³-hybridized carbons (Fsp3) is 0.286. The molecule has 0 aliphatic carbocycles. The number of aromatic nitrogens is 2. The van der Waals surface area contributed by atoms with Crippen molar-refractivity contribution in [3.05, 3.63) is 52.6 Å². The maximum Gasteiger partial charge on any atom is 0.170 e. The highest BCUT2D eigenvalue weighted by molar-refractivity contribution is 5.98. The minimum absolute atomic E-state index is 0.108. The molecule has 0 radical (unpaired) electrons. The maximum atomic E-state index is 13.3.